The summed E-state index contributed by atoms with van der Waals surface area (Å²) < 4.78 is 13.3. The van der Waals surface area contributed by atoms with E-state index < -0.39 is 18.3 Å². The van der Waals surface area contributed by atoms with Gasteiger partial charge in [0, 0.05) is 24.4 Å². The van der Waals surface area contributed by atoms with Crippen molar-refractivity contribution in [2.45, 2.75) is 20.4 Å². The molecule has 3 heterocycles. The van der Waals surface area contributed by atoms with E-state index in [1.165, 1.54) is 18.4 Å². The molecule has 0 bridgehead atoms. The molecule has 0 fully saturated rings. The van der Waals surface area contributed by atoms with E-state index in [1.54, 1.807) is 49.7 Å². The van der Waals surface area contributed by atoms with Crippen molar-refractivity contribution in [3.05, 3.63) is 74.8 Å². The van der Waals surface area contributed by atoms with Crippen LogP contribution in [0.1, 0.15) is 11.1 Å². The Morgan fingerprint density at radius 3 is 2.71 bits per heavy atom. The SMILES string of the molecule is CB(O)n1c(=O)c(C)c(-c2ccc(Oc3nccc4occc34)cc2CO)n(C)c1=O. The van der Waals surface area contributed by atoms with Crippen molar-refractivity contribution >= 4 is 18.0 Å². The zero-order chi connectivity index (χ0) is 22.3. The molecule has 0 aliphatic heterocycles. The zero-order valence-electron chi connectivity index (χ0n) is 17.2. The lowest BCUT2D eigenvalue weighted by molar-refractivity contribution is 0.281. The number of hydrogen-bond acceptors (Lipinski definition) is 7. The monoisotopic (exact) mass is 421 g/mol. The normalized spacial score (nSPS) is 11.1. The Kier molecular flexibility index (Phi) is 5.26. The highest BCUT2D eigenvalue weighted by Crippen LogP contribution is 2.32. The molecule has 0 unspecified atom stereocenters. The third-order valence-electron chi connectivity index (χ3n) is 5.16. The van der Waals surface area contributed by atoms with E-state index in [0.29, 0.717) is 39.4 Å². The second-order valence-corrected chi connectivity index (χ2v) is 7.15. The van der Waals surface area contributed by atoms with Crippen LogP contribution in [0, 0.1) is 6.92 Å². The minimum atomic E-state index is -1.26. The Hall–Kier alpha value is -3.63. The van der Waals surface area contributed by atoms with Gasteiger partial charge in [-0.05, 0) is 49.6 Å². The highest BCUT2D eigenvalue weighted by atomic mass is 16.5. The fourth-order valence-electron chi connectivity index (χ4n) is 3.65. The van der Waals surface area contributed by atoms with Crippen molar-refractivity contribution < 1.29 is 19.3 Å². The lowest BCUT2D eigenvalue weighted by atomic mass is 9.87. The standard InChI is InChI=1S/C21H20BN3O6/c1-12-18(24(3)21(28)25(20(12)27)22(2)29)15-5-4-14(10-13(15)11-26)31-19-16-7-9-30-17(16)6-8-23-19/h4-10,26,29H,11H2,1-3H3. The second-order valence-electron chi connectivity index (χ2n) is 7.15. The molecule has 0 atom stereocenters. The number of ether oxygens (including phenoxy) is 1. The van der Waals surface area contributed by atoms with Crippen LogP contribution in [0.15, 0.2) is 56.8 Å². The molecule has 9 nitrogen and oxygen atoms in total. The van der Waals surface area contributed by atoms with Crippen LogP contribution in [0.3, 0.4) is 0 Å². The van der Waals surface area contributed by atoms with Crippen molar-refractivity contribution in [2.75, 3.05) is 0 Å². The molecule has 0 saturated carbocycles. The molecule has 158 valence electrons. The molecule has 0 saturated heterocycles. The fraction of sp³-hybridized carbons (Fsp3) is 0.190. The van der Waals surface area contributed by atoms with Gasteiger partial charge in [-0.1, -0.05) is 0 Å². The first-order valence-corrected chi connectivity index (χ1v) is 9.58. The molecule has 31 heavy (non-hydrogen) atoms. The Bertz CT molecular complexity index is 1370. The molecule has 0 radical (unpaired) electrons. The van der Waals surface area contributed by atoms with Gasteiger partial charge in [0.25, 0.3) is 0 Å². The van der Waals surface area contributed by atoms with E-state index in [0.717, 1.165) is 4.48 Å². The quantitative estimate of drug-likeness (QED) is 0.473. The van der Waals surface area contributed by atoms with Crippen molar-refractivity contribution in [3.63, 3.8) is 0 Å². The molecule has 3 aromatic heterocycles. The Labute approximate surface area is 176 Å². The van der Waals surface area contributed by atoms with E-state index in [2.05, 4.69) is 4.98 Å². The minimum absolute atomic E-state index is 0.274. The Balaban J connectivity index is 1.82. The average Bonchev–Trinajstić information content (AvgIpc) is 3.23. The maximum absolute atomic E-state index is 12.7. The maximum atomic E-state index is 12.7. The third-order valence-corrected chi connectivity index (χ3v) is 5.16. The van der Waals surface area contributed by atoms with Crippen LogP contribution >= 0.6 is 0 Å². The number of aliphatic hydroxyl groups is 1. The van der Waals surface area contributed by atoms with Gasteiger partial charge in [-0.2, -0.15) is 0 Å². The second kappa shape index (κ2) is 7.90. The van der Waals surface area contributed by atoms with E-state index in [-0.39, 0.29) is 12.2 Å². The van der Waals surface area contributed by atoms with Crippen LogP contribution in [-0.4, -0.2) is 31.2 Å². The molecule has 0 aliphatic rings. The summed E-state index contributed by atoms with van der Waals surface area (Å²) in [6.07, 6.45) is 3.11. The maximum Gasteiger partial charge on any atom is 0.420 e. The highest BCUT2D eigenvalue weighted by Gasteiger charge is 2.22. The Morgan fingerprint density at radius 2 is 2.00 bits per heavy atom. The van der Waals surface area contributed by atoms with E-state index >= 15 is 0 Å². The summed E-state index contributed by atoms with van der Waals surface area (Å²) in [5.41, 5.74) is 0.997. The van der Waals surface area contributed by atoms with Gasteiger partial charge < -0.3 is 19.3 Å². The molecule has 2 N–H and O–H groups in total. The van der Waals surface area contributed by atoms with Gasteiger partial charge in [0.2, 0.25) is 11.4 Å². The highest BCUT2D eigenvalue weighted by molar-refractivity contribution is 6.46. The van der Waals surface area contributed by atoms with Crippen molar-refractivity contribution in [1.82, 2.24) is 14.0 Å². The fourth-order valence-corrected chi connectivity index (χ4v) is 3.65. The van der Waals surface area contributed by atoms with E-state index in [1.807, 2.05) is 0 Å². The Morgan fingerprint density at radius 1 is 1.23 bits per heavy atom. The van der Waals surface area contributed by atoms with Crippen LogP contribution in [-0.2, 0) is 13.7 Å². The average molecular weight is 421 g/mol. The smallest absolute Gasteiger partial charge is 0.420 e. The predicted octanol–water partition coefficient (Wildman–Crippen LogP) is 1.91. The summed E-state index contributed by atoms with van der Waals surface area (Å²) in [5.74, 6) is 0.778. The number of fused-ring (bicyclic) bond motifs is 1. The van der Waals surface area contributed by atoms with Gasteiger partial charge in [-0.15, -0.1) is 0 Å². The number of benzene rings is 1. The third kappa shape index (κ3) is 3.45. The van der Waals surface area contributed by atoms with Crippen LogP contribution in [0.2, 0.25) is 6.82 Å². The van der Waals surface area contributed by atoms with Crippen LogP contribution in [0.4, 0.5) is 0 Å². The molecule has 0 amide bonds. The molecule has 0 spiro atoms. The summed E-state index contributed by atoms with van der Waals surface area (Å²) in [5, 5.41) is 20.5. The number of rotatable bonds is 5. The van der Waals surface area contributed by atoms with Gasteiger partial charge in [-0.3, -0.25) is 13.8 Å². The molecule has 10 heteroatoms. The summed E-state index contributed by atoms with van der Waals surface area (Å²) in [4.78, 5) is 29.5. The van der Waals surface area contributed by atoms with Crippen LogP contribution in [0.5, 0.6) is 11.6 Å². The van der Waals surface area contributed by atoms with Crippen molar-refractivity contribution in [1.29, 1.82) is 0 Å². The summed E-state index contributed by atoms with van der Waals surface area (Å²) >= 11 is 0. The number of furan rings is 1. The summed E-state index contributed by atoms with van der Waals surface area (Å²) in [6.45, 7) is 2.58. The van der Waals surface area contributed by atoms with Crippen molar-refractivity contribution in [2.24, 2.45) is 7.05 Å². The first-order chi connectivity index (χ1) is 14.8. The lowest BCUT2D eigenvalue weighted by Gasteiger charge is -2.18. The van der Waals surface area contributed by atoms with Gasteiger partial charge >= 0.3 is 12.7 Å². The topological polar surface area (TPSA) is 120 Å². The van der Waals surface area contributed by atoms with E-state index in [9.17, 15) is 19.7 Å². The van der Waals surface area contributed by atoms with E-state index in [4.69, 9.17) is 9.15 Å². The summed E-state index contributed by atoms with van der Waals surface area (Å²) in [6, 6.07) is 8.43. The molecule has 1 aromatic carbocycles. The molecular weight excluding hydrogens is 401 g/mol. The summed E-state index contributed by atoms with van der Waals surface area (Å²) in [7, 11) is 0.253. The zero-order valence-corrected chi connectivity index (χ0v) is 17.2. The number of pyridine rings is 1. The molecular formula is C21H20BN3O6. The number of aliphatic hydroxyl groups excluding tert-OH is 1. The first-order valence-electron chi connectivity index (χ1n) is 9.58. The molecule has 0 aliphatic carbocycles. The van der Waals surface area contributed by atoms with Gasteiger partial charge in [0.05, 0.1) is 24.0 Å². The van der Waals surface area contributed by atoms with Gasteiger partial charge in [0.15, 0.2) is 0 Å². The van der Waals surface area contributed by atoms with Crippen LogP contribution in [0.25, 0.3) is 22.2 Å². The number of aromatic nitrogens is 3. The number of nitrogens with zero attached hydrogens (tertiary/aromatic N) is 3. The molecule has 4 rings (SSSR count). The predicted molar refractivity (Wildman–Crippen MR) is 115 cm³/mol. The lowest BCUT2D eigenvalue weighted by Crippen LogP contribution is -2.48. The van der Waals surface area contributed by atoms with Gasteiger partial charge in [0.1, 0.15) is 11.3 Å². The number of hydrogen-bond donors (Lipinski definition) is 2. The minimum Gasteiger partial charge on any atom is -0.464 e. The van der Waals surface area contributed by atoms with Crippen LogP contribution < -0.4 is 16.0 Å². The largest absolute Gasteiger partial charge is 0.464 e. The van der Waals surface area contributed by atoms with Gasteiger partial charge in [-0.25, -0.2) is 9.78 Å². The van der Waals surface area contributed by atoms with Crippen molar-refractivity contribution in [3.8, 4) is 22.9 Å². The molecule has 4 aromatic rings. The first kappa shape index (κ1) is 20.6.